The zero-order valence-electron chi connectivity index (χ0n) is 9.32. The van der Waals surface area contributed by atoms with E-state index in [0.717, 1.165) is 27.8 Å². The molecule has 4 heteroatoms. The Kier molecular flexibility index (Phi) is 4.36. The van der Waals surface area contributed by atoms with Gasteiger partial charge in [-0.15, -0.1) is 0 Å². The van der Waals surface area contributed by atoms with E-state index in [4.69, 9.17) is 9.47 Å². The molecule has 15 heavy (non-hydrogen) atoms. The summed E-state index contributed by atoms with van der Waals surface area (Å²) in [6, 6.07) is 7.63. The van der Waals surface area contributed by atoms with E-state index in [1.807, 2.05) is 31.2 Å². The van der Waals surface area contributed by atoms with Crippen LogP contribution >= 0.6 is 0 Å². The van der Waals surface area contributed by atoms with Crippen molar-refractivity contribution in [2.75, 3.05) is 6.23 Å². The molecule has 0 aliphatic carbocycles. The van der Waals surface area contributed by atoms with Gasteiger partial charge in [0.1, 0.15) is 11.9 Å². The Labute approximate surface area is 92.8 Å². The summed E-state index contributed by atoms with van der Waals surface area (Å²) in [6.45, 7) is 3.26. The smallest absolute Gasteiger partial charge is 0.303 e. The van der Waals surface area contributed by atoms with Crippen molar-refractivity contribution in [1.29, 1.82) is 0 Å². The minimum absolute atomic E-state index is 0.201. The van der Waals surface area contributed by atoms with Crippen molar-refractivity contribution < 1.29 is 14.3 Å². The standard InChI is InChI=1S/C11H16O3Si/c1-8(14-9(2)12)10-3-5-11(6-4-10)13-7-15/h3-6,8H,7H2,1-2,15H3. The van der Waals surface area contributed by atoms with E-state index in [9.17, 15) is 4.79 Å². The Balaban J connectivity index is 2.66. The summed E-state index contributed by atoms with van der Waals surface area (Å²) < 4.78 is 10.4. The Bertz CT molecular complexity index is 321. The van der Waals surface area contributed by atoms with E-state index in [1.165, 1.54) is 6.92 Å². The van der Waals surface area contributed by atoms with Crippen molar-refractivity contribution in [2.24, 2.45) is 0 Å². The molecular weight excluding hydrogens is 208 g/mol. The number of ether oxygens (including phenoxy) is 2. The van der Waals surface area contributed by atoms with Crippen molar-refractivity contribution in [2.45, 2.75) is 20.0 Å². The van der Waals surface area contributed by atoms with Gasteiger partial charge in [-0.25, -0.2) is 0 Å². The van der Waals surface area contributed by atoms with E-state index < -0.39 is 0 Å². The van der Waals surface area contributed by atoms with Crippen LogP contribution in [0.3, 0.4) is 0 Å². The third-order valence-electron chi connectivity index (χ3n) is 2.00. The second kappa shape index (κ2) is 5.55. The SMILES string of the molecule is CC(=O)OC(C)c1ccc(OC[SiH3])cc1. The lowest BCUT2D eigenvalue weighted by atomic mass is 10.1. The summed E-state index contributed by atoms with van der Waals surface area (Å²) in [5.74, 6) is 0.603. The normalized spacial score (nSPS) is 12.1. The third kappa shape index (κ3) is 3.75. The fourth-order valence-electron chi connectivity index (χ4n) is 1.32. The topological polar surface area (TPSA) is 35.5 Å². The van der Waals surface area contributed by atoms with Gasteiger partial charge in [0.15, 0.2) is 0 Å². The number of carbonyl (C=O) groups is 1. The lowest BCUT2D eigenvalue weighted by molar-refractivity contribution is -0.145. The van der Waals surface area contributed by atoms with Crippen LogP contribution in [-0.2, 0) is 9.53 Å². The molecule has 0 heterocycles. The van der Waals surface area contributed by atoms with Crippen LogP contribution in [0.5, 0.6) is 5.75 Å². The fourth-order valence-corrected chi connectivity index (χ4v) is 1.65. The molecule has 0 radical (unpaired) electrons. The summed E-state index contributed by atoms with van der Waals surface area (Å²) in [5.41, 5.74) is 0.978. The Morgan fingerprint density at radius 1 is 1.40 bits per heavy atom. The summed E-state index contributed by atoms with van der Waals surface area (Å²) in [5, 5.41) is 0. The highest BCUT2D eigenvalue weighted by molar-refractivity contribution is 6.08. The first-order chi connectivity index (χ1) is 7.13. The van der Waals surface area contributed by atoms with E-state index in [-0.39, 0.29) is 12.1 Å². The number of esters is 1. The van der Waals surface area contributed by atoms with Crippen LogP contribution < -0.4 is 4.74 Å². The zero-order valence-corrected chi connectivity index (χ0v) is 11.3. The summed E-state index contributed by atoms with van der Waals surface area (Å²) in [4.78, 5) is 10.8. The van der Waals surface area contributed by atoms with Crippen LogP contribution in [0.4, 0.5) is 0 Å². The van der Waals surface area contributed by atoms with Gasteiger partial charge in [0.25, 0.3) is 0 Å². The molecule has 0 saturated carbocycles. The number of hydrogen-bond donors (Lipinski definition) is 0. The number of rotatable bonds is 4. The van der Waals surface area contributed by atoms with E-state index in [2.05, 4.69) is 0 Å². The minimum Gasteiger partial charge on any atom is -0.498 e. The molecule has 1 atom stereocenters. The highest BCUT2D eigenvalue weighted by Gasteiger charge is 2.07. The van der Waals surface area contributed by atoms with Gasteiger partial charge in [-0.3, -0.25) is 4.79 Å². The molecule has 0 bridgehead atoms. The van der Waals surface area contributed by atoms with Gasteiger partial charge in [0, 0.05) is 6.92 Å². The van der Waals surface area contributed by atoms with Crippen LogP contribution in [0.1, 0.15) is 25.5 Å². The monoisotopic (exact) mass is 224 g/mol. The van der Waals surface area contributed by atoms with Gasteiger partial charge in [-0.1, -0.05) is 12.1 Å². The molecule has 0 aliphatic heterocycles. The van der Waals surface area contributed by atoms with Gasteiger partial charge in [-0.2, -0.15) is 0 Å². The van der Waals surface area contributed by atoms with Crippen LogP contribution in [0.15, 0.2) is 24.3 Å². The lowest BCUT2D eigenvalue weighted by Crippen LogP contribution is -2.04. The first kappa shape index (κ1) is 11.8. The maximum absolute atomic E-state index is 10.8. The lowest BCUT2D eigenvalue weighted by Gasteiger charge is -2.12. The maximum atomic E-state index is 10.8. The van der Waals surface area contributed by atoms with Crippen molar-refractivity contribution >= 4 is 16.2 Å². The molecule has 1 aromatic rings. The highest BCUT2D eigenvalue weighted by Crippen LogP contribution is 2.20. The molecule has 0 spiro atoms. The first-order valence-corrected chi connectivity index (χ1v) is 6.45. The van der Waals surface area contributed by atoms with E-state index in [0.29, 0.717) is 0 Å². The maximum Gasteiger partial charge on any atom is 0.303 e. The zero-order chi connectivity index (χ0) is 11.3. The predicted molar refractivity (Wildman–Crippen MR) is 62.1 cm³/mol. The van der Waals surface area contributed by atoms with Gasteiger partial charge in [0.05, 0.1) is 16.5 Å². The van der Waals surface area contributed by atoms with Crippen molar-refractivity contribution in [1.82, 2.24) is 0 Å². The van der Waals surface area contributed by atoms with Crippen LogP contribution in [-0.4, -0.2) is 22.4 Å². The Morgan fingerprint density at radius 3 is 2.47 bits per heavy atom. The van der Waals surface area contributed by atoms with Crippen molar-refractivity contribution in [3.63, 3.8) is 0 Å². The van der Waals surface area contributed by atoms with Crippen LogP contribution in [0.25, 0.3) is 0 Å². The molecule has 0 N–H and O–H groups in total. The molecule has 1 aromatic carbocycles. The second-order valence-corrected chi connectivity index (χ2v) is 3.83. The molecular formula is C11H16O3Si. The number of hydrogen-bond acceptors (Lipinski definition) is 3. The average molecular weight is 224 g/mol. The molecule has 0 aromatic heterocycles. The highest BCUT2D eigenvalue weighted by atomic mass is 28.1. The molecule has 0 fully saturated rings. The molecule has 3 nitrogen and oxygen atoms in total. The number of carbonyl (C=O) groups excluding carboxylic acids is 1. The Morgan fingerprint density at radius 2 is 2.00 bits per heavy atom. The Hall–Kier alpha value is -1.29. The largest absolute Gasteiger partial charge is 0.498 e. The van der Waals surface area contributed by atoms with Crippen LogP contribution in [0, 0.1) is 0 Å². The third-order valence-corrected chi connectivity index (χ3v) is 2.29. The molecule has 1 unspecified atom stereocenters. The molecule has 0 aliphatic rings. The molecule has 1 rings (SSSR count). The molecule has 0 saturated heterocycles. The second-order valence-electron chi connectivity index (χ2n) is 3.25. The molecule has 82 valence electrons. The quantitative estimate of drug-likeness (QED) is 0.565. The van der Waals surface area contributed by atoms with Crippen LogP contribution in [0.2, 0.25) is 0 Å². The number of benzene rings is 1. The van der Waals surface area contributed by atoms with Gasteiger partial charge in [0.2, 0.25) is 0 Å². The van der Waals surface area contributed by atoms with Gasteiger partial charge < -0.3 is 9.47 Å². The average Bonchev–Trinajstić information content (AvgIpc) is 2.18. The van der Waals surface area contributed by atoms with Crippen molar-refractivity contribution in [3.05, 3.63) is 29.8 Å². The molecule has 0 amide bonds. The fraction of sp³-hybridized carbons (Fsp3) is 0.364. The summed E-state index contributed by atoms with van der Waals surface area (Å²) in [6.07, 6.45) is 0.589. The van der Waals surface area contributed by atoms with Gasteiger partial charge in [-0.05, 0) is 24.6 Å². The van der Waals surface area contributed by atoms with E-state index >= 15 is 0 Å². The summed E-state index contributed by atoms with van der Waals surface area (Å²) in [7, 11) is 1.03. The predicted octanol–water partition coefficient (Wildman–Crippen LogP) is 1.01. The van der Waals surface area contributed by atoms with Gasteiger partial charge >= 0.3 is 5.97 Å². The van der Waals surface area contributed by atoms with E-state index in [1.54, 1.807) is 0 Å². The summed E-state index contributed by atoms with van der Waals surface area (Å²) >= 11 is 0. The minimum atomic E-state index is -0.262. The van der Waals surface area contributed by atoms with Crippen molar-refractivity contribution in [3.8, 4) is 5.75 Å². The first-order valence-electron chi connectivity index (χ1n) is 5.03.